The van der Waals surface area contributed by atoms with Crippen molar-refractivity contribution >= 4 is 21.9 Å². The summed E-state index contributed by atoms with van der Waals surface area (Å²) >= 11 is 3.61. The van der Waals surface area contributed by atoms with E-state index in [-0.39, 0.29) is 0 Å². The molecule has 0 fully saturated rings. The molecule has 28 heavy (non-hydrogen) atoms. The van der Waals surface area contributed by atoms with Crippen LogP contribution in [0.25, 0.3) is 0 Å². The molecule has 0 unspecified atom stereocenters. The smallest absolute Gasteiger partial charge is 0.243 e. The molecule has 0 aliphatic heterocycles. The Morgan fingerprint density at radius 2 is 2.07 bits per heavy atom. The van der Waals surface area contributed by atoms with Crippen molar-refractivity contribution in [3.8, 4) is 11.5 Å². The van der Waals surface area contributed by atoms with Crippen molar-refractivity contribution in [2.24, 2.45) is 0 Å². The lowest BCUT2D eigenvalue weighted by atomic mass is 10.1. The monoisotopic (exact) mass is 443 g/mol. The fourth-order valence-corrected chi connectivity index (χ4v) is 3.18. The van der Waals surface area contributed by atoms with E-state index in [1.54, 1.807) is 17.9 Å². The van der Waals surface area contributed by atoms with Crippen molar-refractivity contribution in [1.29, 1.82) is 0 Å². The van der Waals surface area contributed by atoms with Crippen molar-refractivity contribution in [1.82, 2.24) is 20.2 Å². The van der Waals surface area contributed by atoms with Gasteiger partial charge in [0.05, 0.1) is 13.7 Å². The molecule has 0 bridgehead atoms. The van der Waals surface area contributed by atoms with Gasteiger partial charge in [-0.1, -0.05) is 51.4 Å². The number of ether oxygens (including phenoxy) is 2. The number of tetrazole rings is 1. The lowest BCUT2D eigenvalue weighted by Gasteiger charge is -2.18. The minimum absolute atomic E-state index is 0.445. The third-order valence-corrected chi connectivity index (χ3v) is 5.02. The zero-order chi connectivity index (χ0) is 19.9. The lowest BCUT2D eigenvalue weighted by molar-refractivity contribution is 0.281. The highest BCUT2D eigenvalue weighted by molar-refractivity contribution is 9.10. The molecule has 2 aromatic carbocycles. The average Bonchev–Trinajstić information content (AvgIpc) is 3.14. The summed E-state index contributed by atoms with van der Waals surface area (Å²) in [6.45, 7) is 7.21. The van der Waals surface area contributed by atoms with E-state index in [1.165, 1.54) is 5.56 Å². The van der Waals surface area contributed by atoms with Gasteiger partial charge in [-0.2, -0.15) is 0 Å². The number of methoxy groups -OCH3 is 1. The van der Waals surface area contributed by atoms with E-state index < -0.39 is 0 Å². The van der Waals surface area contributed by atoms with Gasteiger partial charge in [-0.3, -0.25) is 0 Å². The minimum atomic E-state index is 0.445. The van der Waals surface area contributed by atoms with Gasteiger partial charge in [0.2, 0.25) is 5.95 Å². The molecule has 0 aliphatic rings. The number of anilines is 1. The topological polar surface area (TPSA) is 74.1 Å². The third kappa shape index (κ3) is 4.51. The molecule has 1 heterocycles. The van der Waals surface area contributed by atoms with Crippen LogP contribution >= 0.6 is 15.9 Å². The van der Waals surface area contributed by atoms with Crippen molar-refractivity contribution in [3.05, 3.63) is 70.2 Å². The maximum Gasteiger partial charge on any atom is 0.243 e. The molecule has 3 aromatic rings. The summed E-state index contributed by atoms with van der Waals surface area (Å²) in [7, 11) is 1.63. The summed E-state index contributed by atoms with van der Waals surface area (Å²) in [5, 5.41) is 14.9. The number of aromatic nitrogens is 4. The summed E-state index contributed by atoms with van der Waals surface area (Å²) in [4.78, 5) is 0. The molecule has 1 N–H and O–H groups in total. The number of nitrogens with one attached hydrogen (secondary N) is 1. The van der Waals surface area contributed by atoms with Crippen LogP contribution in [0, 0.1) is 6.92 Å². The third-order valence-electron chi connectivity index (χ3n) is 4.28. The van der Waals surface area contributed by atoms with Gasteiger partial charge in [-0.05, 0) is 40.6 Å². The second-order valence-electron chi connectivity index (χ2n) is 6.10. The molecule has 0 radical (unpaired) electrons. The summed E-state index contributed by atoms with van der Waals surface area (Å²) < 4.78 is 14.3. The number of aryl methyl sites for hydroxylation is 1. The SMILES string of the molecule is C=CCn1nnnc1NCc1c(Br)ccc(OC)c1OCc1ccccc1C. The predicted molar refractivity (Wildman–Crippen MR) is 112 cm³/mol. The van der Waals surface area contributed by atoms with Crippen molar-refractivity contribution < 1.29 is 9.47 Å². The van der Waals surface area contributed by atoms with E-state index in [1.807, 2.05) is 24.3 Å². The Morgan fingerprint density at radius 1 is 1.25 bits per heavy atom. The molecular weight excluding hydrogens is 422 g/mol. The number of rotatable bonds is 9. The van der Waals surface area contributed by atoms with Crippen molar-refractivity contribution in [2.75, 3.05) is 12.4 Å². The Kier molecular flexibility index (Phi) is 6.65. The molecule has 0 amide bonds. The summed E-state index contributed by atoms with van der Waals surface area (Å²) in [5.41, 5.74) is 3.22. The fourth-order valence-electron chi connectivity index (χ4n) is 2.73. The van der Waals surface area contributed by atoms with Crippen molar-refractivity contribution in [2.45, 2.75) is 26.6 Å². The van der Waals surface area contributed by atoms with Crippen LogP contribution in [-0.2, 0) is 19.7 Å². The first-order valence-corrected chi connectivity index (χ1v) is 9.57. The quantitative estimate of drug-likeness (QED) is 0.501. The Labute approximate surface area is 172 Å². The van der Waals surface area contributed by atoms with Crippen LogP contribution in [0.5, 0.6) is 11.5 Å². The first kappa shape index (κ1) is 19.9. The molecule has 0 saturated carbocycles. The van der Waals surface area contributed by atoms with E-state index in [9.17, 15) is 0 Å². The molecular formula is C20H22BrN5O2. The van der Waals surface area contributed by atoms with Crippen LogP contribution in [0.15, 0.2) is 53.5 Å². The van der Waals surface area contributed by atoms with E-state index in [4.69, 9.17) is 9.47 Å². The molecule has 146 valence electrons. The number of halogens is 1. The fraction of sp³-hybridized carbons (Fsp3) is 0.250. The minimum Gasteiger partial charge on any atom is -0.493 e. The van der Waals surface area contributed by atoms with Gasteiger partial charge in [0.25, 0.3) is 0 Å². The number of allylic oxidation sites excluding steroid dienone is 1. The predicted octanol–water partition coefficient (Wildman–Crippen LogP) is 4.13. The molecule has 8 heteroatoms. The van der Waals surface area contributed by atoms with Crippen LogP contribution in [0.4, 0.5) is 5.95 Å². The first-order chi connectivity index (χ1) is 13.6. The van der Waals surface area contributed by atoms with Gasteiger partial charge in [0.15, 0.2) is 11.5 Å². The number of nitrogens with zero attached hydrogens (tertiary/aromatic N) is 4. The molecule has 0 saturated heterocycles. The van der Waals surface area contributed by atoms with Gasteiger partial charge in [-0.25, -0.2) is 4.68 Å². The highest BCUT2D eigenvalue weighted by atomic mass is 79.9. The maximum absolute atomic E-state index is 6.18. The summed E-state index contributed by atoms with van der Waals surface area (Å²) in [6, 6.07) is 12.0. The standard InChI is InChI=1S/C20H22BrN5O2/c1-4-11-26-20(23-24-25-26)22-12-16-17(21)9-10-18(27-3)19(16)28-13-15-8-6-5-7-14(15)2/h4-10H,1,11-13H2,2-3H3,(H,22,23,25). The molecule has 3 rings (SSSR count). The number of benzene rings is 2. The maximum atomic E-state index is 6.18. The summed E-state index contributed by atoms with van der Waals surface area (Å²) in [5.74, 6) is 1.90. The highest BCUT2D eigenvalue weighted by Gasteiger charge is 2.16. The van der Waals surface area contributed by atoms with Crippen molar-refractivity contribution in [3.63, 3.8) is 0 Å². The average molecular weight is 444 g/mol. The summed E-state index contributed by atoms with van der Waals surface area (Å²) in [6.07, 6.45) is 1.74. The first-order valence-electron chi connectivity index (χ1n) is 8.77. The van der Waals surface area contributed by atoms with Gasteiger partial charge < -0.3 is 14.8 Å². The number of hydrogen-bond acceptors (Lipinski definition) is 6. The number of hydrogen-bond donors (Lipinski definition) is 1. The van der Waals surface area contributed by atoms with E-state index in [0.717, 1.165) is 15.6 Å². The highest BCUT2D eigenvalue weighted by Crippen LogP contribution is 2.37. The van der Waals surface area contributed by atoms with Crippen LogP contribution in [0.2, 0.25) is 0 Å². The molecule has 0 spiro atoms. The van der Waals surface area contributed by atoms with Gasteiger partial charge in [0.1, 0.15) is 6.61 Å². The molecule has 0 atom stereocenters. The van der Waals surface area contributed by atoms with Crippen LogP contribution in [0.3, 0.4) is 0 Å². The zero-order valence-corrected chi connectivity index (χ0v) is 17.4. The Balaban J connectivity index is 1.84. The lowest BCUT2D eigenvalue weighted by Crippen LogP contribution is -2.10. The Morgan fingerprint density at radius 3 is 2.82 bits per heavy atom. The van der Waals surface area contributed by atoms with Gasteiger partial charge >= 0.3 is 0 Å². The molecule has 7 nitrogen and oxygen atoms in total. The van der Waals surface area contributed by atoms with E-state index in [2.05, 4.69) is 62.4 Å². The Bertz CT molecular complexity index is 958. The normalized spacial score (nSPS) is 10.5. The largest absolute Gasteiger partial charge is 0.493 e. The van der Waals surface area contributed by atoms with E-state index in [0.29, 0.717) is 37.1 Å². The molecule has 1 aromatic heterocycles. The zero-order valence-electron chi connectivity index (χ0n) is 15.9. The molecule has 0 aliphatic carbocycles. The van der Waals surface area contributed by atoms with Crippen LogP contribution in [-0.4, -0.2) is 27.3 Å². The second-order valence-corrected chi connectivity index (χ2v) is 6.95. The second kappa shape index (κ2) is 9.36. The van der Waals surface area contributed by atoms with Gasteiger partial charge in [0, 0.05) is 16.6 Å². The van der Waals surface area contributed by atoms with Gasteiger partial charge in [-0.15, -0.1) is 6.58 Å². The van der Waals surface area contributed by atoms with Crippen LogP contribution in [0.1, 0.15) is 16.7 Å². The Hall–Kier alpha value is -2.87. The van der Waals surface area contributed by atoms with E-state index >= 15 is 0 Å². The van der Waals surface area contributed by atoms with Crippen LogP contribution < -0.4 is 14.8 Å².